The van der Waals surface area contributed by atoms with Gasteiger partial charge < -0.3 is 20.9 Å². The number of carboxylic acid groups (broad SMARTS) is 1. The van der Waals surface area contributed by atoms with Gasteiger partial charge in [-0.3, -0.25) is 14.5 Å². The Morgan fingerprint density at radius 3 is 2.31 bits per heavy atom. The average Bonchev–Trinajstić information content (AvgIpc) is 2.95. The van der Waals surface area contributed by atoms with Gasteiger partial charge in [0.1, 0.15) is 6.10 Å². The van der Waals surface area contributed by atoms with Crippen molar-refractivity contribution in [3.8, 4) is 0 Å². The van der Waals surface area contributed by atoms with Crippen molar-refractivity contribution in [2.45, 2.75) is 95.9 Å². The molecule has 1 heterocycles. The smallest absolute Gasteiger partial charge is 0.335 e. The Bertz CT molecular complexity index is 1190. The van der Waals surface area contributed by atoms with Crippen molar-refractivity contribution in [2.24, 2.45) is 17.6 Å². The third-order valence-electron chi connectivity index (χ3n) is 8.61. The van der Waals surface area contributed by atoms with Crippen molar-refractivity contribution < 1.29 is 24.2 Å². The Hall–Kier alpha value is -3.23. The summed E-state index contributed by atoms with van der Waals surface area (Å²) in [5, 5.41) is 12.3. The fraction of sp³-hybridized carbons (Fsp3) is 0.559. The molecule has 0 aromatic heterocycles. The number of rotatable bonds is 11. The fourth-order valence-corrected chi connectivity index (χ4v) is 6.42. The molecule has 42 heavy (non-hydrogen) atoms. The zero-order chi connectivity index (χ0) is 30.3. The van der Waals surface area contributed by atoms with Gasteiger partial charge in [-0.1, -0.05) is 61.7 Å². The number of piperidine rings is 1. The number of carbonyl (C=O) groups excluding carboxylic acids is 2. The first kappa shape index (κ1) is 31.7. The number of aromatic carboxylic acids is 1. The van der Waals surface area contributed by atoms with Gasteiger partial charge in [-0.05, 0) is 81.5 Å². The Labute approximate surface area is 250 Å². The number of carbonyl (C=O) groups is 3. The number of aryl methyl sites for hydroxylation is 1. The minimum absolute atomic E-state index is 0.0260. The number of hydrogen-bond donors (Lipinski definition) is 3. The van der Waals surface area contributed by atoms with E-state index in [4.69, 9.17) is 15.6 Å². The summed E-state index contributed by atoms with van der Waals surface area (Å²) >= 11 is 0. The van der Waals surface area contributed by atoms with E-state index >= 15 is 0 Å². The standard InChI is InChI=1S/C34H47N3O5/c1-34(2,3)36-32(39)29-20-26-11-7-8-12-27(26)21-37(29)22-30(28(35)19-24-9-5-4-6-10-24)42-31(38)18-15-23-13-16-25(17-14-23)33(40)41/h4-6,9-10,13-14,16-17,26-30H,7-8,11-12,15,18-22,35H2,1-3H3,(H,36,39)(H,40,41)/t26-,27+,28-,29-,30+/m0/s1. The lowest BCUT2D eigenvalue weighted by molar-refractivity contribution is -0.152. The number of carboxylic acids is 1. The van der Waals surface area contributed by atoms with Crippen LogP contribution in [-0.2, 0) is 27.2 Å². The molecule has 0 bridgehead atoms. The lowest BCUT2D eigenvalue weighted by Gasteiger charge is -2.47. The van der Waals surface area contributed by atoms with E-state index < -0.39 is 18.1 Å². The van der Waals surface area contributed by atoms with Crippen LogP contribution in [-0.4, -0.2) is 64.7 Å². The summed E-state index contributed by atoms with van der Waals surface area (Å²) in [5.41, 5.74) is 8.56. The SMILES string of the molecule is CC(C)(C)NC(=O)[C@@H]1C[C@@H]2CCCC[C@@H]2CN1C[C@@H](OC(=O)CCc1ccc(C(=O)O)cc1)[C@@H](N)Cc1ccccc1. The van der Waals surface area contributed by atoms with E-state index in [9.17, 15) is 14.4 Å². The largest absolute Gasteiger partial charge is 0.478 e. The number of ether oxygens (including phenoxy) is 1. The van der Waals surface area contributed by atoms with Gasteiger partial charge in [-0.2, -0.15) is 0 Å². The van der Waals surface area contributed by atoms with E-state index in [-0.39, 0.29) is 35.4 Å². The lowest BCUT2D eigenvalue weighted by atomic mass is 9.72. The molecule has 2 fully saturated rings. The van der Waals surface area contributed by atoms with Gasteiger partial charge in [0.2, 0.25) is 5.91 Å². The maximum absolute atomic E-state index is 13.6. The highest BCUT2D eigenvalue weighted by Gasteiger charge is 2.42. The van der Waals surface area contributed by atoms with Crippen LogP contribution in [0.4, 0.5) is 0 Å². The number of hydrogen-bond acceptors (Lipinski definition) is 6. The third-order valence-corrected chi connectivity index (χ3v) is 8.61. The first-order chi connectivity index (χ1) is 20.0. The van der Waals surface area contributed by atoms with Gasteiger partial charge in [-0.25, -0.2) is 4.79 Å². The van der Waals surface area contributed by atoms with Crippen LogP contribution in [0.5, 0.6) is 0 Å². The Balaban J connectivity index is 1.49. The quantitative estimate of drug-likeness (QED) is 0.334. The molecular formula is C34H47N3O5. The van der Waals surface area contributed by atoms with E-state index in [1.807, 2.05) is 51.1 Å². The lowest BCUT2D eigenvalue weighted by Crippen LogP contribution is -2.60. The van der Waals surface area contributed by atoms with Gasteiger partial charge in [0, 0.05) is 31.1 Å². The van der Waals surface area contributed by atoms with Gasteiger partial charge in [0.15, 0.2) is 0 Å². The van der Waals surface area contributed by atoms with Crippen LogP contribution in [0.25, 0.3) is 0 Å². The highest BCUT2D eigenvalue weighted by atomic mass is 16.5. The van der Waals surface area contributed by atoms with Gasteiger partial charge in [-0.15, -0.1) is 0 Å². The number of esters is 1. The van der Waals surface area contributed by atoms with Gasteiger partial charge >= 0.3 is 11.9 Å². The molecule has 0 spiro atoms. The van der Waals surface area contributed by atoms with Crippen LogP contribution in [0.15, 0.2) is 54.6 Å². The molecule has 1 amide bonds. The summed E-state index contributed by atoms with van der Waals surface area (Å²) in [6, 6.07) is 15.7. The third kappa shape index (κ3) is 9.13. The molecule has 228 valence electrons. The highest BCUT2D eigenvalue weighted by molar-refractivity contribution is 5.87. The van der Waals surface area contributed by atoms with Crippen molar-refractivity contribution in [1.82, 2.24) is 10.2 Å². The summed E-state index contributed by atoms with van der Waals surface area (Å²) in [4.78, 5) is 40.1. The zero-order valence-electron chi connectivity index (χ0n) is 25.3. The molecule has 2 aromatic rings. The van der Waals surface area contributed by atoms with E-state index in [2.05, 4.69) is 10.2 Å². The normalized spacial score (nSPS) is 22.4. The van der Waals surface area contributed by atoms with E-state index in [1.54, 1.807) is 24.3 Å². The maximum Gasteiger partial charge on any atom is 0.335 e. The molecule has 8 nitrogen and oxygen atoms in total. The van der Waals surface area contributed by atoms with Crippen LogP contribution in [0.2, 0.25) is 0 Å². The molecule has 4 N–H and O–H groups in total. The molecule has 8 heteroatoms. The highest BCUT2D eigenvalue weighted by Crippen LogP contribution is 2.39. The summed E-state index contributed by atoms with van der Waals surface area (Å²) < 4.78 is 6.10. The Morgan fingerprint density at radius 1 is 1.00 bits per heavy atom. The van der Waals surface area contributed by atoms with Gasteiger partial charge in [0.05, 0.1) is 11.6 Å². The molecule has 1 saturated carbocycles. The number of likely N-dealkylation sites (tertiary alicyclic amines) is 1. The number of nitrogens with zero attached hydrogens (tertiary/aromatic N) is 1. The van der Waals surface area contributed by atoms with Crippen LogP contribution < -0.4 is 11.1 Å². The Morgan fingerprint density at radius 2 is 1.67 bits per heavy atom. The summed E-state index contributed by atoms with van der Waals surface area (Å²) in [5.74, 6) is -0.236. The van der Waals surface area contributed by atoms with Crippen molar-refractivity contribution in [2.75, 3.05) is 13.1 Å². The molecule has 1 saturated heterocycles. The second-order valence-electron chi connectivity index (χ2n) is 13.1. The van der Waals surface area contributed by atoms with Crippen LogP contribution in [0.3, 0.4) is 0 Å². The number of fused-ring (bicyclic) bond motifs is 1. The first-order valence-electron chi connectivity index (χ1n) is 15.4. The molecule has 2 aromatic carbocycles. The van der Waals surface area contributed by atoms with Crippen LogP contribution in [0, 0.1) is 11.8 Å². The molecule has 1 aliphatic heterocycles. The molecule has 5 atom stereocenters. The molecule has 0 unspecified atom stereocenters. The summed E-state index contributed by atoms with van der Waals surface area (Å²) in [7, 11) is 0. The van der Waals surface area contributed by atoms with Crippen molar-refractivity contribution in [1.29, 1.82) is 0 Å². The van der Waals surface area contributed by atoms with E-state index in [1.165, 1.54) is 12.8 Å². The maximum atomic E-state index is 13.6. The van der Waals surface area contributed by atoms with Crippen LogP contribution >= 0.6 is 0 Å². The number of nitrogens with two attached hydrogens (primary N) is 1. The topological polar surface area (TPSA) is 122 Å². The average molecular weight is 578 g/mol. The van der Waals surface area contributed by atoms with Crippen molar-refractivity contribution >= 4 is 17.8 Å². The zero-order valence-corrected chi connectivity index (χ0v) is 25.3. The molecule has 4 rings (SSSR count). The van der Waals surface area contributed by atoms with Crippen molar-refractivity contribution in [3.05, 3.63) is 71.3 Å². The summed E-state index contributed by atoms with van der Waals surface area (Å²) in [6.07, 6.45) is 6.12. The predicted molar refractivity (Wildman–Crippen MR) is 163 cm³/mol. The monoisotopic (exact) mass is 577 g/mol. The summed E-state index contributed by atoms with van der Waals surface area (Å²) in [6.45, 7) is 7.19. The number of benzene rings is 2. The second-order valence-corrected chi connectivity index (χ2v) is 13.1. The molecule has 1 aliphatic carbocycles. The minimum atomic E-state index is -0.983. The van der Waals surface area contributed by atoms with Crippen molar-refractivity contribution in [3.63, 3.8) is 0 Å². The van der Waals surface area contributed by atoms with E-state index in [0.29, 0.717) is 31.2 Å². The molecular weight excluding hydrogens is 530 g/mol. The minimum Gasteiger partial charge on any atom is -0.478 e. The molecule has 0 radical (unpaired) electrons. The van der Waals surface area contributed by atoms with Crippen LogP contribution in [0.1, 0.15) is 80.8 Å². The Kier molecular flexibility index (Phi) is 10.8. The number of amides is 1. The van der Waals surface area contributed by atoms with Gasteiger partial charge in [0.25, 0.3) is 0 Å². The number of nitrogens with one attached hydrogen (secondary N) is 1. The predicted octanol–water partition coefficient (Wildman–Crippen LogP) is 4.59. The second kappa shape index (κ2) is 14.3. The van der Waals surface area contributed by atoms with E-state index in [0.717, 1.165) is 36.9 Å². The fourth-order valence-electron chi connectivity index (χ4n) is 6.42. The molecule has 2 aliphatic rings. The first-order valence-corrected chi connectivity index (χ1v) is 15.4.